The molecule has 0 N–H and O–H groups in total. The highest BCUT2D eigenvalue weighted by molar-refractivity contribution is 6.20. The summed E-state index contributed by atoms with van der Waals surface area (Å²) in [7, 11) is 1.75. The number of rotatable bonds is 48. The van der Waals surface area contributed by atoms with E-state index in [0.717, 1.165) is 101 Å². The second kappa shape index (κ2) is 144. The highest BCUT2D eigenvalue weighted by Gasteiger charge is 2.38. The van der Waals surface area contributed by atoms with Crippen LogP contribution in [0.1, 0.15) is 730 Å². The molecule has 0 saturated heterocycles. The number of unbranched alkanes of at least 4 members (excludes halogenated alkanes) is 7. The van der Waals surface area contributed by atoms with Crippen molar-refractivity contribution in [2.75, 3.05) is 13.8 Å². The summed E-state index contributed by atoms with van der Waals surface area (Å²) in [6.07, 6.45) is 63.3. The molecule has 0 radical (unpaired) electrons. The van der Waals surface area contributed by atoms with Gasteiger partial charge in [-0.2, -0.15) is 0 Å². The van der Waals surface area contributed by atoms with Gasteiger partial charge in [-0.15, -0.1) is 18.2 Å². The predicted octanol–water partition coefficient (Wildman–Crippen LogP) is 54.7. The van der Waals surface area contributed by atoms with Crippen molar-refractivity contribution in [3.63, 3.8) is 0 Å². The van der Waals surface area contributed by atoms with Crippen molar-refractivity contribution >= 4 is 11.6 Å². The van der Waals surface area contributed by atoms with Crippen molar-refractivity contribution in [1.29, 1.82) is 0 Å². The molecule has 2 aliphatic rings. The molecule has 0 aliphatic heterocycles. The highest BCUT2D eigenvalue weighted by Crippen LogP contribution is 2.51. The largest absolute Gasteiger partial charge is 0.382 e. The van der Waals surface area contributed by atoms with Crippen molar-refractivity contribution in [3.05, 3.63) is 12.7 Å². The Morgan fingerprint density at radius 3 is 0.769 bits per heavy atom. The van der Waals surface area contributed by atoms with E-state index >= 15 is 0 Å². The highest BCUT2D eigenvalue weighted by atomic mass is 35.5. The molecule has 7 unspecified atom stereocenters. The van der Waals surface area contributed by atoms with Crippen LogP contribution in [-0.4, -0.2) is 37.1 Å². The van der Waals surface area contributed by atoms with Crippen LogP contribution in [0.15, 0.2) is 12.7 Å². The first-order valence-corrected chi connectivity index (χ1v) is 63.8. The van der Waals surface area contributed by atoms with Gasteiger partial charge < -0.3 is 4.74 Å². The fourth-order valence-electron chi connectivity index (χ4n) is 12.7. The van der Waals surface area contributed by atoms with Gasteiger partial charge >= 0.3 is 0 Å². The fourth-order valence-corrected chi connectivity index (χ4v) is 12.7. The topological polar surface area (TPSA) is 9.23 Å². The van der Waals surface area contributed by atoms with E-state index in [1.165, 1.54) is 277 Å². The minimum Gasteiger partial charge on any atom is -0.382 e. The smallest absolute Gasteiger partial charge is 0.275 e. The summed E-state index contributed by atoms with van der Waals surface area (Å²) in [5, 5.41) is 0.407. The molecule has 2 fully saturated rings. The Kier molecular flexibility index (Phi) is 188. The van der Waals surface area contributed by atoms with E-state index in [1.807, 2.05) is 6.08 Å². The lowest BCUT2D eigenvalue weighted by Crippen LogP contribution is -2.17. The van der Waals surface area contributed by atoms with E-state index < -0.39 is 18.5 Å². The summed E-state index contributed by atoms with van der Waals surface area (Å²) in [6, 6.07) is 0. The molecule has 7 atom stereocenters. The van der Waals surface area contributed by atoms with Crippen LogP contribution in [0.25, 0.3) is 0 Å². The van der Waals surface area contributed by atoms with Gasteiger partial charge in [0, 0.05) is 31.7 Å². The van der Waals surface area contributed by atoms with Gasteiger partial charge in [0.15, 0.2) is 6.67 Å². The molecule has 0 aromatic heterocycles. The van der Waals surface area contributed by atoms with Gasteiger partial charge in [0.05, 0.1) is 6.10 Å². The maximum absolute atomic E-state index is 12.2. The number of allylic oxidation sites excluding steroid dienone is 1. The Morgan fingerprint density at radius 1 is 0.336 bits per heavy atom. The Hall–Kier alpha value is -0.360. The van der Waals surface area contributed by atoms with E-state index in [0.29, 0.717) is 52.9 Å². The molecule has 143 heavy (non-hydrogen) atoms. The Balaban J connectivity index is -0.0000000666. The average Bonchev–Trinajstić information content (AvgIpc) is 1.68. The van der Waals surface area contributed by atoms with E-state index in [9.17, 15) is 22.0 Å². The van der Waals surface area contributed by atoms with Gasteiger partial charge in [-0.05, 0) is 175 Å². The van der Waals surface area contributed by atoms with Crippen LogP contribution in [0, 0.1) is 110 Å². The van der Waals surface area contributed by atoms with Gasteiger partial charge in [0.1, 0.15) is 0 Å². The maximum Gasteiger partial charge on any atom is 0.275 e. The molecule has 894 valence electrons. The third-order valence-corrected chi connectivity index (χ3v) is 29.3. The molecule has 0 amide bonds. The minimum absolute atomic E-state index is 0.0269. The summed E-state index contributed by atoms with van der Waals surface area (Å²) >= 11 is 5.65. The molecule has 0 aromatic carbocycles. The molecule has 0 spiro atoms. The predicted molar refractivity (Wildman–Crippen MR) is 674 cm³/mol. The fraction of sp³-hybridized carbons (Fsp3) is 0.985. The van der Waals surface area contributed by atoms with Crippen molar-refractivity contribution in [1.82, 2.24) is 0 Å². The number of methoxy groups -OCH3 is 1. The van der Waals surface area contributed by atoms with E-state index in [1.54, 1.807) is 21.0 Å². The lowest BCUT2D eigenvalue weighted by atomic mass is 9.81. The van der Waals surface area contributed by atoms with E-state index in [-0.39, 0.29) is 19.3 Å². The first-order chi connectivity index (χ1) is 66.3. The average molecular weight is 2080 g/mol. The minimum atomic E-state index is -3.07. The monoisotopic (exact) mass is 2080 g/mol. The third-order valence-electron chi connectivity index (χ3n) is 28.7. The molecule has 2 rings (SSSR count). The van der Waals surface area contributed by atoms with Crippen LogP contribution >= 0.6 is 11.6 Å². The molecule has 0 heterocycles. The lowest BCUT2D eigenvalue weighted by molar-refractivity contribution is -0.0317. The lowest BCUT2D eigenvalue weighted by Gasteiger charge is -2.25. The molecule has 1 nitrogen and oxygen atoms in total. The van der Waals surface area contributed by atoms with Crippen LogP contribution in [0.4, 0.5) is 22.0 Å². The van der Waals surface area contributed by atoms with Crippen LogP contribution in [0.3, 0.4) is 0 Å². The Labute approximate surface area is 922 Å². The summed E-state index contributed by atoms with van der Waals surface area (Å²) in [5.41, 5.74) is 2.53. The SMILES string of the molecule is C=CC(C)C.CCC(C)(C)CC.CCC(C)C.CCC(C)C.CCC(C)C(C)(C)C.CCC(C)C(C)C.CCC(C)C(C)CC.CCC(C)CC(C)C.CCC(CC)C1CCCC1.CCC(Cl)CC.CCC1(CC)CC1.CCCC.CCCC(C)(C)CCC.CCCC(C)C.CCCC(C)C.CCCC(C)CC.CCCC(C)OC.CCCC(F)(F)CC.CCCCC.CCCCC(F)(F)CF.CCCCCC. The number of hydrogen-bond donors (Lipinski definition) is 0. The normalized spacial score (nSPS) is 13.4. The first kappa shape index (κ1) is 187. The second-order valence-electron chi connectivity index (χ2n) is 48.2. The second-order valence-corrected chi connectivity index (χ2v) is 48.8. The molecular formula is C136H302ClF5O. The Morgan fingerprint density at radius 2 is 0.664 bits per heavy atom. The zero-order valence-electron chi connectivity index (χ0n) is 113. The summed E-state index contributed by atoms with van der Waals surface area (Å²) in [4.78, 5) is 0. The summed E-state index contributed by atoms with van der Waals surface area (Å²) in [6.45, 7) is 133. The molecule has 7 heteroatoms. The first-order valence-electron chi connectivity index (χ1n) is 63.4. The van der Waals surface area contributed by atoms with Crippen LogP contribution in [0.2, 0.25) is 0 Å². The van der Waals surface area contributed by atoms with Gasteiger partial charge in [0.2, 0.25) is 5.92 Å². The Bertz CT molecular complexity index is 1940. The molecule has 0 aromatic rings. The van der Waals surface area contributed by atoms with Crippen molar-refractivity contribution < 1.29 is 26.7 Å². The quantitative estimate of drug-likeness (QED) is 0.0255. The van der Waals surface area contributed by atoms with E-state index in [2.05, 4.69) is 394 Å². The van der Waals surface area contributed by atoms with Crippen molar-refractivity contribution in [3.8, 4) is 0 Å². The third kappa shape index (κ3) is 210. The molecule has 0 bridgehead atoms. The molecular weight excluding hydrogens is 1780 g/mol. The zero-order valence-corrected chi connectivity index (χ0v) is 114. The summed E-state index contributed by atoms with van der Waals surface area (Å²) in [5.74, 6) is 8.07. The van der Waals surface area contributed by atoms with Crippen LogP contribution < -0.4 is 0 Å². The standard InChI is InChI=1S/C10H20.C9H20.3C8H18.C7H14.3C7H16.C6H11F3.C6H12F2.C6H14O.3C6H14.C5H11Cl.2C5H12.C5H10.C5H12.C4H10/c1-3-9(4-2)10-7-5-6-8-10;1-5-7-9(3,4)8-6-2;1-6-7(2)8(3,4)5;1-5-8(4)6-7(2)3;1-5-7(3)8(4)6-2;1-3-7(4-2)5-6-7;1-5-7(3,4)6-2;1-5-7(4)6(2)3;1-4-6-7(3)5-2;1-2-3-4-6(8,9)5-7;1-3-5-6(7,8)4-2;1-4-5-6(2)7-3;2*1-4-5-6(2)3;1-3-5-6-4-2;1-3-5(6)4-2;3*1-4-5(2)3;1-3-5-4-2;1-3-4-2/h9-10H,3-8H2,1-2H3;5-8H2,1-4H3;7H,6H2,1-5H3;2*7-8H,5-6H2,1-4H3;3-6H2,1-2H3;5-6H2,1-4H3;6-7H,5H2,1-4H3;7H,4-6H2,1-3H3;2-5H2,1H3;3-5H2,1-2H3;6H,4-5H2,1-3H3;2*6H,4-5H2,1-3H3;3-6H2,1-2H3;5H,3-4H2,1-2H3;2*5H,4H2,1-3H3;4-5H,1H2,2-3H3;3-5H2,1-2H3;3-4H2,1-2H3. The van der Waals surface area contributed by atoms with Crippen LogP contribution in [0.5, 0.6) is 0 Å². The summed E-state index contributed by atoms with van der Waals surface area (Å²) < 4.78 is 64.6. The van der Waals surface area contributed by atoms with Crippen molar-refractivity contribution in [2.45, 2.75) is 753 Å². The van der Waals surface area contributed by atoms with Gasteiger partial charge in [-0.3, -0.25) is 0 Å². The van der Waals surface area contributed by atoms with Gasteiger partial charge in [-0.25, -0.2) is 22.0 Å². The number of ether oxygens (including phenoxy) is 1. The molecule has 2 aliphatic carbocycles. The van der Waals surface area contributed by atoms with E-state index in [4.69, 9.17) is 16.3 Å². The zero-order chi connectivity index (χ0) is 117. The maximum atomic E-state index is 12.2. The van der Waals surface area contributed by atoms with Crippen LogP contribution in [-0.2, 0) is 4.74 Å². The van der Waals surface area contributed by atoms with Gasteiger partial charge in [0.25, 0.3) is 5.92 Å². The molecule has 2 saturated carbocycles. The number of hydrogen-bond acceptors (Lipinski definition) is 1. The van der Waals surface area contributed by atoms with Crippen molar-refractivity contribution in [2.24, 2.45) is 110 Å². The number of alkyl halides is 6. The number of halogens is 6. The van der Waals surface area contributed by atoms with Gasteiger partial charge in [-0.1, -0.05) is 652 Å².